The van der Waals surface area contributed by atoms with E-state index in [0.717, 1.165) is 25.9 Å². The molecule has 0 aromatic rings. The van der Waals surface area contributed by atoms with Gasteiger partial charge in [-0.1, -0.05) is 0 Å². The summed E-state index contributed by atoms with van der Waals surface area (Å²) in [4.78, 5) is 45.1. The highest BCUT2D eigenvalue weighted by Crippen LogP contribution is 2.21. The van der Waals surface area contributed by atoms with Crippen molar-refractivity contribution in [3.63, 3.8) is 0 Å². The van der Waals surface area contributed by atoms with Gasteiger partial charge in [-0.3, -0.25) is 9.59 Å². The summed E-state index contributed by atoms with van der Waals surface area (Å²) in [7, 11) is 0. The highest BCUT2D eigenvalue weighted by molar-refractivity contribution is 6.08. The molecule has 0 bridgehead atoms. The van der Waals surface area contributed by atoms with Gasteiger partial charge in [0.15, 0.2) is 0 Å². The molecule has 2 aliphatic heterocycles. The summed E-state index contributed by atoms with van der Waals surface area (Å²) in [6, 6.07) is 0. The Hall–Kier alpha value is -2.12. The van der Waals surface area contributed by atoms with Crippen LogP contribution < -0.4 is 0 Å². The summed E-state index contributed by atoms with van der Waals surface area (Å²) in [6.07, 6.45) is 2.26. The normalized spacial score (nSPS) is 20.5. The van der Waals surface area contributed by atoms with Gasteiger partial charge in [0.25, 0.3) is 5.79 Å². The molecule has 8 heteroatoms. The van der Waals surface area contributed by atoms with Crippen LogP contribution >= 0.6 is 0 Å². The molecule has 0 aliphatic carbocycles. The van der Waals surface area contributed by atoms with E-state index in [0.29, 0.717) is 0 Å². The number of rotatable bonds is 1. The number of likely N-dealkylation sites (tertiary alicyclic amines) is 1. The van der Waals surface area contributed by atoms with Crippen LogP contribution in [0.5, 0.6) is 0 Å². The summed E-state index contributed by atoms with van der Waals surface area (Å²) in [6.45, 7) is 10.2. The summed E-state index contributed by atoms with van der Waals surface area (Å²) in [5.41, 5.74) is -0.361. The monoisotopic (exact) mass is 343 g/mol. The Morgan fingerprint density at radius 1 is 1.17 bits per heavy atom. The third-order valence-electron chi connectivity index (χ3n) is 3.09. The van der Waals surface area contributed by atoms with Crippen LogP contribution in [0.1, 0.15) is 47.5 Å². The van der Waals surface area contributed by atoms with Crippen LogP contribution in [0.15, 0.2) is 0 Å². The molecule has 0 radical (unpaired) electrons. The van der Waals surface area contributed by atoms with Crippen molar-refractivity contribution in [3.05, 3.63) is 0 Å². The fourth-order valence-corrected chi connectivity index (χ4v) is 2.07. The van der Waals surface area contributed by atoms with Gasteiger partial charge >= 0.3 is 18.0 Å². The number of aldehydes is 1. The molecule has 0 aromatic carbocycles. The van der Waals surface area contributed by atoms with Gasteiger partial charge in [0, 0.05) is 26.9 Å². The van der Waals surface area contributed by atoms with Crippen molar-refractivity contribution in [2.75, 3.05) is 13.1 Å². The van der Waals surface area contributed by atoms with Crippen LogP contribution in [0.4, 0.5) is 4.79 Å². The second-order valence-electron chi connectivity index (χ2n) is 7.03. The van der Waals surface area contributed by atoms with Crippen molar-refractivity contribution in [3.8, 4) is 0 Å². The van der Waals surface area contributed by atoms with E-state index in [1.807, 2.05) is 20.8 Å². The van der Waals surface area contributed by atoms with Crippen molar-refractivity contribution < 1.29 is 33.4 Å². The third kappa shape index (κ3) is 6.17. The average molecular weight is 343 g/mol. The molecule has 0 saturated carbocycles. The minimum Gasteiger partial charge on any atom is -0.444 e. The fourth-order valence-electron chi connectivity index (χ4n) is 2.07. The molecule has 0 aromatic heterocycles. The maximum Gasteiger partial charge on any atom is 0.410 e. The molecule has 1 amide bonds. The minimum atomic E-state index is -1.42. The van der Waals surface area contributed by atoms with Crippen LogP contribution in [-0.2, 0) is 28.6 Å². The summed E-state index contributed by atoms with van der Waals surface area (Å²) >= 11 is 0. The number of cyclic esters (lactones) is 2. The topological polar surface area (TPSA) is 99.2 Å². The first-order valence-electron chi connectivity index (χ1n) is 7.84. The highest BCUT2D eigenvalue weighted by Gasteiger charge is 2.43. The van der Waals surface area contributed by atoms with Gasteiger partial charge in [0.2, 0.25) is 5.92 Å². The van der Waals surface area contributed by atoms with E-state index in [2.05, 4.69) is 9.47 Å². The lowest BCUT2D eigenvalue weighted by Crippen LogP contribution is -2.46. The zero-order valence-electron chi connectivity index (χ0n) is 14.8. The van der Waals surface area contributed by atoms with Crippen molar-refractivity contribution >= 4 is 24.3 Å². The lowest BCUT2D eigenvalue weighted by Gasteiger charge is -2.30. The standard InChI is InChI=1S/C9H17NO2.C7H8O5/c1-9(2,3)12-8(11)10-6-4-5-7-10;1-7(2)11-5(9)4(3-8)6(10)12-7/h4-7H2,1-3H3;3-4H,1-2H3. The van der Waals surface area contributed by atoms with Gasteiger partial charge in [-0.2, -0.15) is 0 Å². The van der Waals surface area contributed by atoms with Gasteiger partial charge in [0.1, 0.15) is 11.9 Å². The SMILES string of the molecule is CC(C)(C)OC(=O)N1CCCC1.CC1(C)OC(=O)C(C=O)C(=O)O1. The van der Waals surface area contributed by atoms with Crippen molar-refractivity contribution in [2.45, 2.75) is 58.8 Å². The maximum absolute atomic E-state index is 11.4. The zero-order valence-corrected chi connectivity index (χ0v) is 14.8. The van der Waals surface area contributed by atoms with Crippen LogP contribution in [0.2, 0.25) is 0 Å². The molecule has 2 rings (SSSR count). The van der Waals surface area contributed by atoms with Gasteiger partial charge in [-0.05, 0) is 33.6 Å². The van der Waals surface area contributed by atoms with Gasteiger partial charge < -0.3 is 23.9 Å². The van der Waals surface area contributed by atoms with E-state index in [9.17, 15) is 19.2 Å². The second-order valence-corrected chi connectivity index (χ2v) is 7.03. The van der Waals surface area contributed by atoms with Gasteiger partial charge in [-0.15, -0.1) is 0 Å². The molecule has 2 fully saturated rings. The Labute approximate surface area is 141 Å². The predicted molar refractivity (Wildman–Crippen MR) is 82.9 cm³/mol. The van der Waals surface area contributed by atoms with Gasteiger partial charge in [0.05, 0.1) is 0 Å². The third-order valence-corrected chi connectivity index (χ3v) is 3.09. The fraction of sp³-hybridized carbons (Fsp3) is 0.750. The molecule has 8 nitrogen and oxygen atoms in total. The summed E-state index contributed by atoms with van der Waals surface area (Å²) in [5.74, 6) is -4.39. The minimum absolute atomic E-state index is 0.167. The van der Waals surface area contributed by atoms with E-state index in [1.165, 1.54) is 13.8 Å². The Balaban J connectivity index is 0.000000240. The van der Waals surface area contributed by atoms with E-state index in [4.69, 9.17) is 4.74 Å². The molecule has 136 valence electrons. The first-order chi connectivity index (χ1) is 10.9. The summed E-state index contributed by atoms with van der Waals surface area (Å²) in [5, 5.41) is 0. The number of hydrogen-bond acceptors (Lipinski definition) is 7. The number of carbonyl (C=O) groups excluding carboxylic acids is 4. The molecule has 24 heavy (non-hydrogen) atoms. The van der Waals surface area contributed by atoms with Crippen molar-refractivity contribution in [1.82, 2.24) is 4.90 Å². The van der Waals surface area contributed by atoms with Crippen LogP contribution in [0.25, 0.3) is 0 Å². The zero-order chi connectivity index (χ0) is 18.5. The van der Waals surface area contributed by atoms with E-state index in [1.54, 1.807) is 4.90 Å². The molecule has 0 unspecified atom stereocenters. The first kappa shape index (κ1) is 19.9. The largest absolute Gasteiger partial charge is 0.444 e. The molecule has 2 heterocycles. The molecule has 0 atom stereocenters. The quantitative estimate of drug-likeness (QED) is 0.405. The van der Waals surface area contributed by atoms with Gasteiger partial charge in [-0.25, -0.2) is 4.79 Å². The lowest BCUT2D eigenvalue weighted by molar-refractivity contribution is -0.237. The molecule has 2 saturated heterocycles. The molecular weight excluding hydrogens is 318 g/mol. The maximum atomic E-state index is 11.4. The number of ether oxygens (including phenoxy) is 3. The molecule has 0 spiro atoms. The van der Waals surface area contributed by atoms with Crippen molar-refractivity contribution in [2.24, 2.45) is 5.92 Å². The number of hydrogen-bond donors (Lipinski definition) is 0. The number of nitrogens with zero attached hydrogens (tertiary/aromatic N) is 1. The highest BCUT2D eigenvalue weighted by atomic mass is 16.7. The Bertz CT molecular complexity index is 481. The van der Waals surface area contributed by atoms with Crippen molar-refractivity contribution in [1.29, 1.82) is 0 Å². The molecular formula is C16H25NO7. The number of esters is 2. The Kier molecular flexibility index (Phi) is 6.34. The molecule has 0 N–H and O–H groups in total. The lowest BCUT2D eigenvalue weighted by atomic mass is 10.1. The Morgan fingerprint density at radius 2 is 1.62 bits per heavy atom. The van der Waals surface area contributed by atoms with Crippen LogP contribution in [0.3, 0.4) is 0 Å². The smallest absolute Gasteiger partial charge is 0.410 e. The molecule has 2 aliphatic rings. The Morgan fingerprint density at radius 3 is 2.00 bits per heavy atom. The predicted octanol–water partition coefficient (Wildman–Crippen LogP) is 1.65. The first-order valence-corrected chi connectivity index (χ1v) is 7.84. The summed E-state index contributed by atoms with van der Waals surface area (Å²) < 4.78 is 14.5. The van der Waals surface area contributed by atoms with E-state index < -0.39 is 23.6 Å². The second kappa shape index (κ2) is 7.63. The number of carbonyl (C=O) groups is 4. The van der Waals surface area contributed by atoms with Crippen LogP contribution in [0, 0.1) is 5.92 Å². The van der Waals surface area contributed by atoms with E-state index >= 15 is 0 Å². The average Bonchev–Trinajstić information content (AvgIpc) is 2.89. The number of amides is 1. The van der Waals surface area contributed by atoms with E-state index in [-0.39, 0.29) is 18.0 Å². The van der Waals surface area contributed by atoms with Crippen LogP contribution in [-0.4, -0.2) is 53.7 Å².